The molecule has 0 bridgehead atoms. The molecule has 0 radical (unpaired) electrons. The van der Waals surface area contributed by atoms with Crippen molar-refractivity contribution in [2.24, 2.45) is 0 Å². The zero-order chi connectivity index (χ0) is 19.4. The predicted octanol–water partition coefficient (Wildman–Crippen LogP) is 2.76. The largest absolute Gasteiger partial charge is 0.454 e. The lowest BCUT2D eigenvalue weighted by molar-refractivity contribution is 0.0332. The smallest absolute Gasteiger partial charge is 0.341 e. The highest BCUT2D eigenvalue weighted by molar-refractivity contribution is 7.89. The first-order valence-electron chi connectivity index (χ1n) is 8.53. The summed E-state index contributed by atoms with van der Waals surface area (Å²) in [5, 5.41) is 0. The van der Waals surface area contributed by atoms with Gasteiger partial charge < -0.3 is 9.47 Å². The minimum Gasteiger partial charge on any atom is -0.454 e. The molecule has 0 unspecified atom stereocenters. The van der Waals surface area contributed by atoms with Crippen molar-refractivity contribution >= 4 is 16.0 Å². The van der Waals surface area contributed by atoms with Gasteiger partial charge in [0, 0.05) is 13.1 Å². The molecule has 2 aromatic carbocycles. The van der Waals surface area contributed by atoms with Gasteiger partial charge in [0.1, 0.15) is 11.9 Å². The number of halogens is 1. The third kappa shape index (κ3) is 4.35. The average Bonchev–Trinajstić information content (AvgIpc) is 2.69. The van der Waals surface area contributed by atoms with Crippen LogP contribution < -0.4 is 0 Å². The van der Waals surface area contributed by atoms with Crippen LogP contribution in [0.3, 0.4) is 0 Å². The number of hydrogen-bond acceptors (Lipinski definition) is 5. The summed E-state index contributed by atoms with van der Waals surface area (Å²) in [7, 11) is -3.84. The Bertz CT molecular complexity index is 911. The van der Waals surface area contributed by atoms with Crippen LogP contribution in [0.2, 0.25) is 0 Å². The van der Waals surface area contributed by atoms with Gasteiger partial charge in [-0.05, 0) is 30.7 Å². The van der Waals surface area contributed by atoms with Gasteiger partial charge >= 0.3 is 5.97 Å². The highest BCUT2D eigenvalue weighted by Crippen LogP contribution is 2.23. The van der Waals surface area contributed by atoms with E-state index in [9.17, 15) is 17.6 Å². The van der Waals surface area contributed by atoms with Crippen molar-refractivity contribution in [2.75, 3.05) is 26.3 Å². The summed E-state index contributed by atoms with van der Waals surface area (Å²) in [5.41, 5.74) is 0.343. The molecule has 1 atom stereocenters. The number of hydrogen-bond donors (Lipinski definition) is 0. The highest BCUT2D eigenvalue weighted by Gasteiger charge is 2.28. The zero-order valence-electron chi connectivity index (χ0n) is 14.8. The van der Waals surface area contributed by atoms with E-state index in [0.29, 0.717) is 13.2 Å². The molecule has 27 heavy (non-hydrogen) atoms. The van der Waals surface area contributed by atoms with Crippen molar-refractivity contribution in [3.05, 3.63) is 65.5 Å². The molecule has 1 saturated heterocycles. The molecule has 1 aliphatic heterocycles. The number of carbonyl (C=O) groups is 1. The van der Waals surface area contributed by atoms with Gasteiger partial charge in [-0.1, -0.05) is 30.3 Å². The third-order valence-electron chi connectivity index (χ3n) is 4.32. The van der Waals surface area contributed by atoms with E-state index in [0.717, 1.165) is 23.8 Å². The molecule has 1 fully saturated rings. The highest BCUT2D eigenvalue weighted by atomic mass is 32.2. The lowest BCUT2D eigenvalue weighted by atomic mass is 10.1. The molecular formula is C19H20FNO5S. The quantitative estimate of drug-likeness (QED) is 0.731. The molecule has 3 rings (SSSR count). The monoisotopic (exact) mass is 393 g/mol. The van der Waals surface area contributed by atoms with Crippen LogP contribution in [0.4, 0.5) is 4.39 Å². The molecule has 0 amide bonds. The number of rotatable bonds is 5. The molecule has 1 aliphatic rings. The molecule has 144 valence electrons. The minimum atomic E-state index is -3.84. The number of ether oxygens (including phenoxy) is 2. The van der Waals surface area contributed by atoms with Crippen molar-refractivity contribution in [3.8, 4) is 0 Å². The first-order valence-corrected chi connectivity index (χ1v) is 9.97. The van der Waals surface area contributed by atoms with Crippen LogP contribution in [0.1, 0.15) is 28.9 Å². The van der Waals surface area contributed by atoms with Crippen molar-refractivity contribution in [2.45, 2.75) is 17.9 Å². The zero-order valence-corrected chi connectivity index (χ0v) is 15.6. The van der Waals surface area contributed by atoms with E-state index in [1.807, 2.05) is 6.07 Å². The van der Waals surface area contributed by atoms with Gasteiger partial charge in [0.15, 0.2) is 0 Å². The van der Waals surface area contributed by atoms with Gasteiger partial charge in [0.05, 0.1) is 23.7 Å². The Hall–Kier alpha value is -2.29. The number of esters is 1. The van der Waals surface area contributed by atoms with Crippen LogP contribution in [0.25, 0.3) is 0 Å². The maximum absolute atomic E-state index is 14.2. The van der Waals surface area contributed by atoms with E-state index in [-0.39, 0.29) is 18.0 Å². The second kappa shape index (κ2) is 8.16. The van der Waals surface area contributed by atoms with E-state index in [4.69, 9.17) is 9.47 Å². The van der Waals surface area contributed by atoms with E-state index < -0.39 is 33.5 Å². The second-order valence-electron chi connectivity index (χ2n) is 6.12. The second-order valence-corrected chi connectivity index (χ2v) is 8.05. The molecule has 2 aromatic rings. The topological polar surface area (TPSA) is 72.9 Å². The van der Waals surface area contributed by atoms with Crippen LogP contribution in [0.15, 0.2) is 53.4 Å². The fourth-order valence-corrected chi connectivity index (χ4v) is 4.21. The van der Waals surface area contributed by atoms with E-state index in [1.54, 1.807) is 31.2 Å². The molecule has 0 saturated carbocycles. The van der Waals surface area contributed by atoms with E-state index >= 15 is 0 Å². The number of morpholine rings is 1. The predicted molar refractivity (Wildman–Crippen MR) is 96.3 cm³/mol. The Morgan fingerprint density at radius 3 is 2.48 bits per heavy atom. The van der Waals surface area contributed by atoms with Crippen LogP contribution >= 0.6 is 0 Å². The number of benzene rings is 2. The standard InChI is InChI=1S/C19H20FNO5S/c1-14(15-5-3-2-4-6-15)26-19(22)17-13-16(7-8-18(17)20)27(23,24)21-9-11-25-12-10-21/h2-8,13-14H,9-12H2,1H3/t14-/m1/s1. The SMILES string of the molecule is C[C@@H](OC(=O)c1cc(S(=O)(=O)N2CCOCC2)ccc1F)c1ccccc1. The van der Waals surface area contributed by atoms with Crippen molar-refractivity contribution in [3.63, 3.8) is 0 Å². The molecule has 8 heteroatoms. The Balaban J connectivity index is 1.83. The summed E-state index contributed by atoms with van der Waals surface area (Å²) in [4.78, 5) is 12.3. The molecule has 6 nitrogen and oxygen atoms in total. The number of sulfonamides is 1. The minimum absolute atomic E-state index is 0.148. The van der Waals surface area contributed by atoms with Crippen molar-refractivity contribution in [1.82, 2.24) is 4.31 Å². The first kappa shape index (κ1) is 19.5. The first-order chi connectivity index (χ1) is 12.9. The van der Waals surface area contributed by atoms with Crippen LogP contribution in [-0.2, 0) is 19.5 Å². The van der Waals surface area contributed by atoms with Gasteiger partial charge in [-0.2, -0.15) is 4.31 Å². The lowest BCUT2D eigenvalue weighted by Gasteiger charge is -2.26. The number of nitrogens with zero attached hydrogens (tertiary/aromatic N) is 1. The summed E-state index contributed by atoms with van der Waals surface area (Å²) >= 11 is 0. The van der Waals surface area contributed by atoms with Gasteiger partial charge in [0.2, 0.25) is 10.0 Å². The van der Waals surface area contributed by atoms with Gasteiger partial charge in [-0.15, -0.1) is 0 Å². The number of carbonyl (C=O) groups excluding carboxylic acids is 1. The molecule has 0 N–H and O–H groups in total. The van der Waals surface area contributed by atoms with E-state index in [1.165, 1.54) is 4.31 Å². The maximum atomic E-state index is 14.2. The average molecular weight is 393 g/mol. The van der Waals surface area contributed by atoms with Gasteiger partial charge in [-0.3, -0.25) is 0 Å². The van der Waals surface area contributed by atoms with Crippen LogP contribution in [0.5, 0.6) is 0 Å². The summed E-state index contributed by atoms with van der Waals surface area (Å²) in [6.07, 6.45) is -0.599. The van der Waals surface area contributed by atoms with Gasteiger partial charge in [0.25, 0.3) is 0 Å². The summed E-state index contributed by atoms with van der Waals surface area (Å²) in [6.45, 7) is 2.68. The fraction of sp³-hybridized carbons (Fsp3) is 0.316. The van der Waals surface area contributed by atoms with Crippen molar-refractivity contribution < 1.29 is 27.1 Å². The van der Waals surface area contributed by atoms with Crippen LogP contribution in [-0.4, -0.2) is 45.0 Å². The van der Waals surface area contributed by atoms with Crippen LogP contribution in [0, 0.1) is 5.82 Å². The molecule has 1 heterocycles. The molecule has 0 spiro atoms. The van der Waals surface area contributed by atoms with E-state index in [2.05, 4.69) is 0 Å². The normalized spacial score (nSPS) is 16.7. The molecular weight excluding hydrogens is 373 g/mol. The molecule has 0 aromatic heterocycles. The Morgan fingerprint density at radius 2 is 1.81 bits per heavy atom. The Kier molecular flexibility index (Phi) is 5.88. The maximum Gasteiger partial charge on any atom is 0.341 e. The summed E-state index contributed by atoms with van der Waals surface area (Å²) in [6, 6.07) is 12.2. The third-order valence-corrected chi connectivity index (χ3v) is 6.21. The van der Waals surface area contributed by atoms with Crippen molar-refractivity contribution in [1.29, 1.82) is 0 Å². The van der Waals surface area contributed by atoms with Gasteiger partial charge in [-0.25, -0.2) is 17.6 Å². The Labute approximate surface area is 157 Å². The fourth-order valence-electron chi connectivity index (χ4n) is 2.77. The lowest BCUT2D eigenvalue weighted by Crippen LogP contribution is -2.40. The summed E-state index contributed by atoms with van der Waals surface area (Å²) < 4.78 is 51.3. The Morgan fingerprint density at radius 1 is 1.15 bits per heavy atom. The molecule has 0 aliphatic carbocycles. The summed E-state index contributed by atoms with van der Waals surface area (Å²) in [5.74, 6) is -1.75.